The Balaban J connectivity index is 2.02. The van der Waals surface area contributed by atoms with Crippen LogP contribution in [0.1, 0.15) is 16.2 Å². The minimum Gasteiger partial charge on any atom is -0.377 e. The third kappa shape index (κ3) is 3.29. The van der Waals surface area contributed by atoms with Gasteiger partial charge in [-0.3, -0.25) is 4.79 Å². The third-order valence-electron chi connectivity index (χ3n) is 2.36. The minimum absolute atomic E-state index is 0.199. The van der Waals surface area contributed by atoms with Gasteiger partial charge in [-0.2, -0.15) is 0 Å². The average molecular weight is 262 g/mol. The second-order valence-corrected chi connectivity index (χ2v) is 3.75. The van der Waals surface area contributed by atoms with Gasteiger partial charge in [-0.1, -0.05) is 5.16 Å². The smallest absolute Gasteiger partial charge is 0.277 e. The highest BCUT2D eigenvalue weighted by atomic mass is 16.5. The normalized spacial score (nSPS) is 10.2. The van der Waals surface area contributed by atoms with Gasteiger partial charge in [0.2, 0.25) is 0 Å². The van der Waals surface area contributed by atoms with Crippen LogP contribution < -0.4 is 10.6 Å². The molecule has 2 rings (SSSR count). The van der Waals surface area contributed by atoms with Crippen molar-refractivity contribution in [2.45, 2.75) is 6.61 Å². The van der Waals surface area contributed by atoms with Crippen molar-refractivity contribution in [1.29, 1.82) is 0 Å². The van der Waals surface area contributed by atoms with Crippen LogP contribution in [0.5, 0.6) is 0 Å². The van der Waals surface area contributed by atoms with E-state index in [1.54, 1.807) is 25.4 Å². The predicted molar refractivity (Wildman–Crippen MR) is 69.0 cm³/mol. The zero-order valence-corrected chi connectivity index (χ0v) is 10.6. The fourth-order valence-electron chi connectivity index (χ4n) is 1.44. The largest absolute Gasteiger partial charge is 0.377 e. The van der Waals surface area contributed by atoms with Crippen LogP contribution in [0.3, 0.4) is 0 Å². The summed E-state index contributed by atoms with van der Waals surface area (Å²) in [5, 5.41) is 9.23. The van der Waals surface area contributed by atoms with Gasteiger partial charge < -0.3 is 19.9 Å². The van der Waals surface area contributed by atoms with Gasteiger partial charge >= 0.3 is 0 Å². The van der Waals surface area contributed by atoms with Crippen LogP contribution >= 0.6 is 0 Å². The second-order valence-electron chi connectivity index (χ2n) is 3.75. The average Bonchev–Trinajstić information content (AvgIpc) is 2.89. The first-order valence-corrected chi connectivity index (χ1v) is 5.62. The third-order valence-corrected chi connectivity index (χ3v) is 2.36. The summed E-state index contributed by atoms with van der Waals surface area (Å²) < 4.78 is 9.82. The van der Waals surface area contributed by atoms with Gasteiger partial charge in [0, 0.05) is 20.2 Å². The molecule has 2 aromatic rings. The molecular formula is C12H14N4O3. The number of rotatable bonds is 5. The molecule has 0 aliphatic carbocycles. The van der Waals surface area contributed by atoms with Gasteiger partial charge in [-0.25, -0.2) is 4.98 Å². The molecule has 7 heteroatoms. The lowest BCUT2D eigenvalue weighted by atomic mass is 10.3. The van der Waals surface area contributed by atoms with E-state index in [1.807, 2.05) is 0 Å². The summed E-state index contributed by atoms with van der Waals surface area (Å²) in [7, 11) is 3.31. The molecule has 0 spiro atoms. The molecule has 0 bridgehead atoms. The molecule has 0 atom stereocenters. The van der Waals surface area contributed by atoms with Crippen LogP contribution in [-0.4, -0.2) is 30.2 Å². The summed E-state index contributed by atoms with van der Waals surface area (Å²) >= 11 is 0. The van der Waals surface area contributed by atoms with Crippen molar-refractivity contribution in [2.75, 3.05) is 24.8 Å². The van der Waals surface area contributed by atoms with Gasteiger partial charge in [-0.15, -0.1) is 0 Å². The van der Waals surface area contributed by atoms with Crippen molar-refractivity contribution in [3.63, 3.8) is 0 Å². The van der Waals surface area contributed by atoms with Crippen molar-refractivity contribution >= 4 is 17.4 Å². The van der Waals surface area contributed by atoms with Gasteiger partial charge in [0.1, 0.15) is 12.4 Å². The Morgan fingerprint density at radius 3 is 2.95 bits per heavy atom. The Hall–Kier alpha value is -2.41. The lowest BCUT2D eigenvalue weighted by Crippen LogP contribution is -2.12. The van der Waals surface area contributed by atoms with E-state index in [4.69, 9.17) is 9.26 Å². The lowest BCUT2D eigenvalue weighted by Gasteiger charge is -2.03. The van der Waals surface area contributed by atoms with E-state index < -0.39 is 0 Å². The quantitative estimate of drug-likeness (QED) is 0.849. The van der Waals surface area contributed by atoms with Crippen molar-refractivity contribution in [2.24, 2.45) is 0 Å². The molecule has 19 heavy (non-hydrogen) atoms. The molecule has 0 fully saturated rings. The van der Waals surface area contributed by atoms with Crippen LogP contribution in [0.15, 0.2) is 28.9 Å². The number of carbonyl (C=O) groups is 1. The molecule has 7 nitrogen and oxygen atoms in total. The number of ether oxygens (including phenoxy) is 1. The van der Waals surface area contributed by atoms with E-state index in [0.29, 0.717) is 11.4 Å². The lowest BCUT2D eigenvalue weighted by molar-refractivity contribution is 0.101. The van der Waals surface area contributed by atoms with Crippen LogP contribution in [0.4, 0.5) is 11.5 Å². The molecule has 1 amide bonds. The molecule has 2 N–H and O–H groups in total. The topological polar surface area (TPSA) is 89.3 Å². The molecule has 0 saturated heterocycles. The molecule has 0 saturated carbocycles. The number of nitrogens with zero attached hydrogens (tertiary/aromatic N) is 2. The first-order chi connectivity index (χ1) is 9.22. The molecule has 0 radical (unpaired) electrons. The number of methoxy groups -OCH3 is 1. The Morgan fingerprint density at radius 2 is 2.32 bits per heavy atom. The standard InChI is InChI=1S/C12H14N4O3/c1-13-11-4-3-8(6-14-11)15-12(17)10-5-9(7-18-2)19-16-10/h3-6H,7H2,1-2H3,(H,13,14)(H,15,17). The SMILES string of the molecule is CNc1ccc(NC(=O)c2cc(COC)on2)cn1. The Bertz CT molecular complexity index is 550. The zero-order chi connectivity index (χ0) is 13.7. The van der Waals surface area contributed by atoms with Crippen molar-refractivity contribution in [3.8, 4) is 0 Å². The number of nitrogens with one attached hydrogen (secondary N) is 2. The van der Waals surface area contributed by atoms with Gasteiger partial charge in [-0.05, 0) is 12.1 Å². The van der Waals surface area contributed by atoms with E-state index in [9.17, 15) is 4.79 Å². The first-order valence-electron chi connectivity index (χ1n) is 5.62. The summed E-state index contributed by atoms with van der Waals surface area (Å²) in [5.74, 6) is 0.864. The van der Waals surface area contributed by atoms with Crippen molar-refractivity contribution in [3.05, 3.63) is 35.9 Å². The van der Waals surface area contributed by atoms with E-state index in [1.165, 1.54) is 13.2 Å². The van der Waals surface area contributed by atoms with Crippen LogP contribution in [-0.2, 0) is 11.3 Å². The fourth-order valence-corrected chi connectivity index (χ4v) is 1.44. The molecule has 0 aromatic carbocycles. The second kappa shape index (κ2) is 5.96. The maximum absolute atomic E-state index is 11.9. The van der Waals surface area contributed by atoms with Crippen LogP contribution in [0.2, 0.25) is 0 Å². The number of anilines is 2. The number of aromatic nitrogens is 2. The van der Waals surface area contributed by atoms with Crippen LogP contribution in [0.25, 0.3) is 0 Å². The molecular weight excluding hydrogens is 248 g/mol. The Labute approximate surface area is 110 Å². The van der Waals surface area contributed by atoms with Gasteiger partial charge in [0.05, 0.1) is 11.9 Å². The molecule has 2 heterocycles. The number of hydrogen-bond donors (Lipinski definition) is 2. The molecule has 0 unspecified atom stereocenters. The maximum atomic E-state index is 11.9. The summed E-state index contributed by atoms with van der Waals surface area (Å²) in [4.78, 5) is 16.0. The number of pyridine rings is 1. The van der Waals surface area contributed by atoms with E-state index in [0.717, 1.165) is 5.82 Å². The molecule has 100 valence electrons. The van der Waals surface area contributed by atoms with Gasteiger partial charge in [0.15, 0.2) is 11.5 Å². The van der Waals surface area contributed by atoms with Gasteiger partial charge in [0.25, 0.3) is 5.91 Å². The van der Waals surface area contributed by atoms with E-state index in [2.05, 4.69) is 20.8 Å². The van der Waals surface area contributed by atoms with Crippen molar-refractivity contribution in [1.82, 2.24) is 10.1 Å². The Morgan fingerprint density at radius 1 is 1.47 bits per heavy atom. The Kier molecular flexibility index (Phi) is 4.09. The zero-order valence-electron chi connectivity index (χ0n) is 10.6. The minimum atomic E-state index is -0.356. The molecule has 0 aliphatic rings. The summed E-state index contributed by atoms with van der Waals surface area (Å²) in [5.41, 5.74) is 0.782. The highest BCUT2D eigenvalue weighted by Crippen LogP contribution is 2.11. The van der Waals surface area contributed by atoms with E-state index >= 15 is 0 Å². The maximum Gasteiger partial charge on any atom is 0.277 e. The summed E-state index contributed by atoms with van der Waals surface area (Å²) in [6, 6.07) is 5.04. The number of carbonyl (C=O) groups excluding carboxylic acids is 1. The predicted octanol–water partition coefficient (Wildman–Crippen LogP) is 1.51. The number of amides is 1. The fraction of sp³-hybridized carbons (Fsp3) is 0.250. The number of hydrogen-bond acceptors (Lipinski definition) is 6. The molecule has 0 aliphatic heterocycles. The summed E-state index contributed by atoms with van der Waals surface area (Å²) in [6.45, 7) is 0.276. The van der Waals surface area contributed by atoms with E-state index in [-0.39, 0.29) is 18.2 Å². The summed E-state index contributed by atoms with van der Waals surface area (Å²) in [6.07, 6.45) is 1.56. The highest BCUT2D eigenvalue weighted by molar-refractivity contribution is 6.02. The van der Waals surface area contributed by atoms with Crippen molar-refractivity contribution < 1.29 is 14.1 Å². The first kappa shape index (κ1) is 13.0. The monoisotopic (exact) mass is 262 g/mol. The van der Waals surface area contributed by atoms with Crippen LogP contribution in [0, 0.1) is 0 Å². The molecule has 2 aromatic heterocycles. The highest BCUT2D eigenvalue weighted by Gasteiger charge is 2.12.